The molecule has 5 heteroatoms. The van der Waals surface area contributed by atoms with Gasteiger partial charge < -0.3 is 9.97 Å². The van der Waals surface area contributed by atoms with Gasteiger partial charge in [-0.3, -0.25) is 0 Å². The smallest absolute Gasteiger partial charge is 0.109 e. The van der Waals surface area contributed by atoms with E-state index >= 15 is 0 Å². The molecule has 0 aliphatic carbocycles. The number of thiophene rings is 1. The minimum absolute atomic E-state index is 0.366. The number of rotatable bonds is 4. The maximum Gasteiger partial charge on any atom is 0.109 e. The van der Waals surface area contributed by atoms with Gasteiger partial charge in [0, 0.05) is 32.7 Å². The molecule has 4 nitrogen and oxygen atoms in total. The number of fused-ring (bicyclic) bond motifs is 6. The Morgan fingerprint density at radius 1 is 0.727 bits per heavy atom. The molecule has 3 heterocycles. The van der Waals surface area contributed by atoms with E-state index in [4.69, 9.17) is 4.98 Å². The van der Waals surface area contributed by atoms with Crippen molar-refractivity contribution in [3.63, 3.8) is 0 Å². The van der Waals surface area contributed by atoms with Gasteiger partial charge in [0.05, 0.1) is 22.9 Å². The first-order chi connectivity index (χ1) is 16.0. The van der Waals surface area contributed by atoms with Crippen molar-refractivity contribution in [1.82, 2.24) is 19.9 Å². The average molecular weight is 451 g/mol. The summed E-state index contributed by atoms with van der Waals surface area (Å²) in [7, 11) is 0. The van der Waals surface area contributed by atoms with Crippen molar-refractivity contribution < 1.29 is 0 Å². The molecular formula is C28H26N4S. The van der Waals surface area contributed by atoms with E-state index in [0.717, 1.165) is 33.9 Å². The SMILES string of the molecule is CC(C)c1ncc(-c2ccc(-c3ccc4c(c3)c3sccc3c3nc(C(C)C)[nH]c43)cc2)[nH]1. The topological polar surface area (TPSA) is 57.4 Å². The molecule has 0 spiro atoms. The second kappa shape index (κ2) is 7.56. The molecule has 3 aromatic carbocycles. The van der Waals surface area contributed by atoms with E-state index in [-0.39, 0.29) is 0 Å². The Morgan fingerprint density at radius 3 is 2.18 bits per heavy atom. The maximum absolute atomic E-state index is 4.94. The summed E-state index contributed by atoms with van der Waals surface area (Å²) in [6.45, 7) is 8.66. The molecule has 0 saturated heterocycles. The summed E-state index contributed by atoms with van der Waals surface area (Å²) in [5.41, 5.74) is 6.87. The molecular weight excluding hydrogens is 424 g/mol. The average Bonchev–Trinajstić information content (AvgIpc) is 3.58. The minimum Gasteiger partial charge on any atom is -0.342 e. The second-order valence-electron chi connectivity index (χ2n) is 9.34. The lowest BCUT2D eigenvalue weighted by molar-refractivity contribution is 0.795. The quantitative estimate of drug-likeness (QED) is 0.284. The van der Waals surface area contributed by atoms with Crippen molar-refractivity contribution in [2.24, 2.45) is 0 Å². The molecule has 0 aliphatic rings. The predicted molar refractivity (Wildman–Crippen MR) is 140 cm³/mol. The van der Waals surface area contributed by atoms with E-state index in [1.165, 1.54) is 32.0 Å². The molecule has 33 heavy (non-hydrogen) atoms. The van der Waals surface area contributed by atoms with Crippen LogP contribution < -0.4 is 0 Å². The molecule has 0 saturated carbocycles. The highest BCUT2D eigenvalue weighted by molar-refractivity contribution is 7.18. The number of benzene rings is 3. The first-order valence-corrected chi connectivity index (χ1v) is 12.4. The molecule has 6 aromatic rings. The molecule has 0 radical (unpaired) electrons. The highest BCUT2D eigenvalue weighted by atomic mass is 32.1. The summed E-state index contributed by atoms with van der Waals surface area (Å²) >= 11 is 1.79. The van der Waals surface area contributed by atoms with Crippen LogP contribution in [0.1, 0.15) is 51.2 Å². The second-order valence-corrected chi connectivity index (χ2v) is 10.3. The zero-order chi connectivity index (χ0) is 22.7. The first-order valence-electron chi connectivity index (χ1n) is 11.5. The van der Waals surface area contributed by atoms with Crippen molar-refractivity contribution in [1.29, 1.82) is 0 Å². The van der Waals surface area contributed by atoms with Crippen LogP contribution in [0.15, 0.2) is 60.1 Å². The fraction of sp³-hybridized carbons (Fsp3) is 0.214. The molecule has 6 rings (SSSR count). The Kier molecular flexibility index (Phi) is 4.63. The number of imidazole rings is 2. The number of aromatic nitrogens is 4. The van der Waals surface area contributed by atoms with Gasteiger partial charge in [-0.15, -0.1) is 11.3 Å². The molecule has 0 amide bonds. The Morgan fingerprint density at radius 2 is 1.45 bits per heavy atom. The van der Waals surface area contributed by atoms with Gasteiger partial charge in [0.1, 0.15) is 11.6 Å². The maximum atomic E-state index is 4.94. The molecule has 0 bridgehead atoms. The van der Waals surface area contributed by atoms with Gasteiger partial charge >= 0.3 is 0 Å². The van der Waals surface area contributed by atoms with E-state index in [0.29, 0.717) is 11.8 Å². The van der Waals surface area contributed by atoms with Crippen molar-refractivity contribution in [2.45, 2.75) is 39.5 Å². The van der Waals surface area contributed by atoms with E-state index in [1.54, 1.807) is 11.3 Å². The monoisotopic (exact) mass is 450 g/mol. The van der Waals surface area contributed by atoms with Crippen LogP contribution in [-0.2, 0) is 0 Å². The van der Waals surface area contributed by atoms with Gasteiger partial charge in [0.15, 0.2) is 0 Å². The van der Waals surface area contributed by atoms with Crippen LogP contribution in [0.4, 0.5) is 0 Å². The van der Waals surface area contributed by atoms with Crippen molar-refractivity contribution >= 4 is 43.2 Å². The zero-order valence-corrected chi connectivity index (χ0v) is 20.0. The van der Waals surface area contributed by atoms with E-state index < -0.39 is 0 Å². The van der Waals surface area contributed by atoms with Crippen LogP contribution in [0.3, 0.4) is 0 Å². The normalized spacial score (nSPS) is 12.2. The van der Waals surface area contributed by atoms with Gasteiger partial charge in [-0.25, -0.2) is 9.97 Å². The Bertz CT molecular complexity index is 1610. The molecule has 0 atom stereocenters. The number of H-pyrrole nitrogens is 2. The summed E-state index contributed by atoms with van der Waals surface area (Å²) in [5.74, 6) is 2.83. The third-order valence-corrected chi connectivity index (χ3v) is 7.34. The molecule has 2 N–H and O–H groups in total. The lowest BCUT2D eigenvalue weighted by atomic mass is 9.98. The summed E-state index contributed by atoms with van der Waals surface area (Å²) in [5, 5.41) is 5.92. The number of nitrogens with one attached hydrogen (secondary N) is 2. The van der Waals surface area contributed by atoms with Crippen LogP contribution in [0, 0.1) is 0 Å². The number of hydrogen-bond donors (Lipinski definition) is 2. The third-order valence-electron chi connectivity index (χ3n) is 6.39. The van der Waals surface area contributed by atoms with Crippen LogP contribution >= 0.6 is 11.3 Å². The van der Waals surface area contributed by atoms with Crippen LogP contribution in [-0.4, -0.2) is 19.9 Å². The fourth-order valence-corrected chi connectivity index (χ4v) is 5.44. The Balaban J connectivity index is 1.46. The Hall–Kier alpha value is -3.44. The molecule has 164 valence electrons. The summed E-state index contributed by atoms with van der Waals surface area (Å²) < 4.78 is 1.30. The number of hydrogen-bond acceptors (Lipinski definition) is 3. The van der Waals surface area contributed by atoms with Crippen LogP contribution in [0.2, 0.25) is 0 Å². The lowest BCUT2D eigenvalue weighted by Gasteiger charge is -2.08. The summed E-state index contributed by atoms with van der Waals surface area (Å²) in [4.78, 5) is 16.5. The summed E-state index contributed by atoms with van der Waals surface area (Å²) in [6, 6.07) is 17.7. The van der Waals surface area contributed by atoms with Gasteiger partial charge in [-0.1, -0.05) is 64.1 Å². The van der Waals surface area contributed by atoms with Gasteiger partial charge in [0.25, 0.3) is 0 Å². The van der Waals surface area contributed by atoms with Crippen LogP contribution in [0.5, 0.6) is 0 Å². The minimum atomic E-state index is 0.366. The molecule has 0 unspecified atom stereocenters. The van der Waals surface area contributed by atoms with Crippen molar-refractivity contribution in [2.75, 3.05) is 0 Å². The van der Waals surface area contributed by atoms with Crippen LogP contribution in [0.25, 0.3) is 54.3 Å². The molecule has 3 aromatic heterocycles. The predicted octanol–water partition coefficient (Wildman–Crippen LogP) is 8.23. The van der Waals surface area contributed by atoms with Crippen molar-refractivity contribution in [3.8, 4) is 22.4 Å². The largest absolute Gasteiger partial charge is 0.342 e. The Labute approximate surface area is 196 Å². The van der Waals surface area contributed by atoms with Gasteiger partial charge in [-0.05, 0) is 34.2 Å². The molecule has 0 aliphatic heterocycles. The molecule has 0 fully saturated rings. The first kappa shape index (κ1) is 20.2. The standard InChI is InChI=1S/C28H26N4S/c1-15(2)27-29-14-23(30-27)18-7-5-17(6-8-18)19-9-10-20-22(13-19)26-21(11-12-33-26)25-24(20)31-28(32-25)16(3)4/h5-16H,1-4H3,(H,29,30)(H,31,32). The van der Waals surface area contributed by atoms with Gasteiger partial charge in [0.2, 0.25) is 0 Å². The lowest BCUT2D eigenvalue weighted by Crippen LogP contribution is -1.89. The highest BCUT2D eigenvalue weighted by Crippen LogP contribution is 2.39. The third kappa shape index (κ3) is 3.26. The fourth-order valence-electron chi connectivity index (χ4n) is 4.51. The van der Waals surface area contributed by atoms with E-state index in [9.17, 15) is 0 Å². The van der Waals surface area contributed by atoms with E-state index in [2.05, 4.69) is 96.6 Å². The number of aromatic amines is 2. The van der Waals surface area contributed by atoms with Crippen molar-refractivity contribution in [3.05, 3.63) is 71.8 Å². The van der Waals surface area contributed by atoms with E-state index in [1.807, 2.05) is 6.20 Å². The summed E-state index contributed by atoms with van der Waals surface area (Å²) in [6.07, 6.45) is 1.93. The van der Waals surface area contributed by atoms with Gasteiger partial charge in [-0.2, -0.15) is 0 Å². The zero-order valence-electron chi connectivity index (χ0n) is 19.2. The number of nitrogens with zero attached hydrogens (tertiary/aromatic N) is 2. The highest BCUT2D eigenvalue weighted by Gasteiger charge is 2.16.